The number of aromatic nitrogens is 1. The third-order valence-electron chi connectivity index (χ3n) is 10.2. The molecule has 0 radical (unpaired) electrons. The molecule has 1 aliphatic heterocycles. The number of benzene rings is 2. The van der Waals surface area contributed by atoms with E-state index in [4.69, 9.17) is 14.5 Å². The van der Waals surface area contributed by atoms with Crippen LogP contribution in [0.2, 0.25) is 0 Å². The fraction of sp³-hybridized carbons (Fsp3) is 0.436. The monoisotopic (exact) mass is 775 g/mol. The van der Waals surface area contributed by atoms with Gasteiger partial charge in [-0.05, 0) is 36.8 Å². The molecule has 16 heteroatoms. The first kappa shape index (κ1) is 39.2. The number of ether oxygens (including phenoxy) is 3. The Morgan fingerprint density at radius 1 is 1.04 bits per heavy atom. The molecule has 6 rings (SSSR count). The predicted octanol–water partition coefficient (Wildman–Crippen LogP) is 2.84. The van der Waals surface area contributed by atoms with Gasteiger partial charge in [0.25, 0.3) is 5.91 Å². The molecule has 3 N–H and O–H groups in total. The van der Waals surface area contributed by atoms with Gasteiger partial charge < -0.3 is 29.7 Å². The van der Waals surface area contributed by atoms with Gasteiger partial charge in [-0.3, -0.25) is 23.9 Å². The third-order valence-corrected chi connectivity index (χ3v) is 12.0. The highest BCUT2D eigenvalue weighted by Crippen LogP contribution is 2.46. The number of esters is 1. The maximum atomic E-state index is 14.5. The summed E-state index contributed by atoms with van der Waals surface area (Å²) in [7, 11) is -1.32. The molecule has 3 fully saturated rings. The van der Waals surface area contributed by atoms with Crippen LogP contribution in [-0.4, -0.2) is 91.7 Å². The summed E-state index contributed by atoms with van der Waals surface area (Å²) in [6.07, 6.45) is 1.40. The number of nitrogens with one attached hydrogen (secondary N) is 3. The fourth-order valence-corrected chi connectivity index (χ4v) is 8.14. The molecule has 1 saturated heterocycles. The van der Waals surface area contributed by atoms with Gasteiger partial charge in [0.2, 0.25) is 21.8 Å². The number of fused-ring (bicyclic) bond motifs is 1. The summed E-state index contributed by atoms with van der Waals surface area (Å²) in [4.78, 5) is 73.1. The summed E-state index contributed by atoms with van der Waals surface area (Å²) >= 11 is 0. The summed E-state index contributed by atoms with van der Waals surface area (Å²) in [5.74, 6) is -4.95. The molecule has 3 aliphatic rings. The average molecular weight is 776 g/mol. The van der Waals surface area contributed by atoms with Crippen molar-refractivity contribution in [3.8, 4) is 22.8 Å². The summed E-state index contributed by atoms with van der Waals surface area (Å²) in [6.45, 7) is 8.68. The molecular formula is C39H45N5O10S. The zero-order chi connectivity index (χ0) is 39.9. The SMILES string of the molecule is C=C[C@@H]1C[C@]1(NC(=O)[C@@H]1C[C@H](Oc2cc(-c3ccccc3)nc3cc(OC)ccc23)N(C(=O)[C@@H](NC(=O)C(=O)OC)C(C)(C)C)C1)C(=O)NS(=O)(=O)C1CC1. The number of rotatable bonds is 12. The molecule has 0 spiro atoms. The van der Waals surface area contributed by atoms with Gasteiger partial charge in [-0.2, -0.15) is 0 Å². The van der Waals surface area contributed by atoms with E-state index in [-0.39, 0.29) is 19.4 Å². The van der Waals surface area contributed by atoms with Gasteiger partial charge in [-0.1, -0.05) is 57.2 Å². The van der Waals surface area contributed by atoms with Gasteiger partial charge in [0, 0.05) is 42.0 Å². The molecule has 4 amide bonds. The molecule has 3 aromatic rings. The van der Waals surface area contributed by atoms with Crippen molar-refractivity contribution in [2.75, 3.05) is 20.8 Å². The quantitative estimate of drug-likeness (QED) is 0.139. The lowest BCUT2D eigenvalue weighted by Crippen LogP contribution is -2.57. The Kier molecular flexibility index (Phi) is 10.7. The van der Waals surface area contributed by atoms with Crippen LogP contribution in [0.4, 0.5) is 0 Å². The Morgan fingerprint density at radius 3 is 2.35 bits per heavy atom. The number of amides is 4. The van der Waals surface area contributed by atoms with Crippen LogP contribution in [0.15, 0.2) is 67.3 Å². The number of methoxy groups -OCH3 is 2. The number of carbonyl (C=O) groups is 5. The van der Waals surface area contributed by atoms with Gasteiger partial charge in [-0.25, -0.2) is 18.2 Å². The standard InChI is InChI=1S/C39H45N5O10S/c1-7-24-20-39(24,37(49)43-55(50,51)26-14-15-26)42-33(45)23-17-31(44(21-23)35(47)32(38(2,3)4)41-34(46)36(48)53-6)54-30-19-28(22-11-9-8-10-12-22)40-29-18-25(52-5)13-16-27(29)30/h7-13,16,18-19,23-24,26,31-32H,1,14-15,17,20-21H2,2-6H3,(H,41,46)(H,42,45)(H,43,49)/t23-,24-,31+,32-,39-/m1/s1. The highest BCUT2D eigenvalue weighted by molar-refractivity contribution is 7.91. The summed E-state index contributed by atoms with van der Waals surface area (Å²) in [5.41, 5.74) is -0.565. The normalized spacial score (nSPS) is 22.6. The van der Waals surface area contributed by atoms with Crippen LogP contribution in [0.5, 0.6) is 11.5 Å². The first-order valence-corrected chi connectivity index (χ1v) is 19.5. The number of hydrogen-bond acceptors (Lipinski definition) is 11. The van der Waals surface area contributed by atoms with Crippen LogP contribution in [-0.2, 0) is 38.7 Å². The fourth-order valence-electron chi connectivity index (χ4n) is 6.77. The summed E-state index contributed by atoms with van der Waals surface area (Å²) in [5, 5.41) is 5.22. The van der Waals surface area contributed by atoms with E-state index in [1.807, 2.05) is 30.3 Å². The van der Waals surface area contributed by atoms with Crippen molar-refractivity contribution in [2.45, 2.75) is 69.5 Å². The molecule has 292 valence electrons. The zero-order valence-corrected chi connectivity index (χ0v) is 32.1. The number of carbonyl (C=O) groups excluding carboxylic acids is 5. The van der Waals surface area contributed by atoms with Gasteiger partial charge in [0.05, 0.1) is 36.6 Å². The van der Waals surface area contributed by atoms with Gasteiger partial charge in [0.15, 0.2) is 6.23 Å². The van der Waals surface area contributed by atoms with E-state index in [9.17, 15) is 32.4 Å². The van der Waals surface area contributed by atoms with E-state index in [0.717, 1.165) is 12.7 Å². The van der Waals surface area contributed by atoms with Gasteiger partial charge in [0.1, 0.15) is 23.1 Å². The van der Waals surface area contributed by atoms with E-state index < -0.39 is 79.9 Å². The first-order valence-electron chi connectivity index (χ1n) is 17.9. The number of nitrogens with zero attached hydrogens (tertiary/aromatic N) is 2. The van der Waals surface area contributed by atoms with Crippen molar-refractivity contribution in [2.24, 2.45) is 17.3 Å². The average Bonchev–Trinajstić information content (AvgIpc) is 4.09. The number of sulfonamides is 1. The predicted molar refractivity (Wildman–Crippen MR) is 201 cm³/mol. The van der Waals surface area contributed by atoms with Crippen LogP contribution in [0.3, 0.4) is 0 Å². The van der Waals surface area contributed by atoms with Crippen molar-refractivity contribution >= 4 is 50.5 Å². The highest BCUT2D eigenvalue weighted by Gasteiger charge is 2.61. The molecule has 0 bridgehead atoms. The maximum absolute atomic E-state index is 14.5. The lowest BCUT2D eigenvalue weighted by molar-refractivity contribution is -0.155. The molecule has 2 heterocycles. The lowest BCUT2D eigenvalue weighted by Gasteiger charge is -2.35. The Hall–Kier alpha value is -5.51. The van der Waals surface area contributed by atoms with Gasteiger partial charge >= 0.3 is 11.9 Å². The molecule has 5 atom stereocenters. The first-order chi connectivity index (χ1) is 26.0. The molecule has 55 heavy (non-hydrogen) atoms. The van der Waals surface area contributed by atoms with Crippen molar-refractivity contribution < 1.29 is 46.6 Å². The van der Waals surface area contributed by atoms with Crippen LogP contribution >= 0.6 is 0 Å². The van der Waals surface area contributed by atoms with E-state index in [0.29, 0.717) is 40.9 Å². The van der Waals surface area contributed by atoms with Crippen molar-refractivity contribution in [1.29, 1.82) is 0 Å². The van der Waals surface area contributed by atoms with Crippen LogP contribution in [0.1, 0.15) is 46.5 Å². The van der Waals surface area contributed by atoms with E-state index >= 15 is 0 Å². The smallest absolute Gasteiger partial charge is 0.396 e. The number of hydrogen-bond donors (Lipinski definition) is 3. The number of pyridine rings is 1. The Balaban J connectivity index is 1.36. The third kappa shape index (κ3) is 8.14. The minimum absolute atomic E-state index is 0.0448. The van der Waals surface area contributed by atoms with E-state index in [2.05, 4.69) is 26.7 Å². The second kappa shape index (κ2) is 15.0. The maximum Gasteiger partial charge on any atom is 0.396 e. The second-order valence-corrected chi connectivity index (χ2v) is 17.2. The van der Waals surface area contributed by atoms with E-state index in [1.54, 1.807) is 45.0 Å². The lowest BCUT2D eigenvalue weighted by atomic mass is 9.85. The van der Waals surface area contributed by atoms with Crippen LogP contribution in [0, 0.1) is 17.3 Å². The molecule has 15 nitrogen and oxygen atoms in total. The van der Waals surface area contributed by atoms with Gasteiger partial charge in [-0.15, -0.1) is 6.58 Å². The Bertz CT molecular complexity index is 2150. The Morgan fingerprint density at radius 2 is 1.75 bits per heavy atom. The summed E-state index contributed by atoms with van der Waals surface area (Å²) in [6, 6.07) is 15.1. The summed E-state index contributed by atoms with van der Waals surface area (Å²) < 4.78 is 44.2. The minimum atomic E-state index is -3.91. The topological polar surface area (TPSA) is 199 Å². The zero-order valence-electron chi connectivity index (χ0n) is 31.3. The molecule has 1 aromatic heterocycles. The van der Waals surface area contributed by atoms with Crippen LogP contribution < -0.4 is 24.8 Å². The second-order valence-electron chi connectivity index (χ2n) is 15.2. The molecule has 0 unspecified atom stereocenters. The highest BCUT2D eigenvalue weighted by atomic mass is 32.2. The van der Waals surface area contributed by atoms with Crippen LogP contribution in [0.25, 0.3) is 22.2 Å². The number of likely N-dealkylation sites (tertiary alicyclic amines) is 1. The molecule has 2 aromatic carbocycles. The molecule has 2 aliphatic carbocycles. The van der Waals surface area contributed by atoms with Crippen molar-refractivity contribution in [1.82, 2.24) is 25.2 Å². The minimum Gasteiger partial charge on any atom is -0.497 e. The Labute approximate surface area is 319 Å². The van der Waals surface area contributed by atoms with Crippen molar-refractivity contribution in [3.05, 3.63) is 67.3 Å². The van der Waals surface area contributed by atoms with E-state index in [1.165, 1.54) is 18.1 Å². The largest absolute Gasteiger partial charge is 0.497 e. The van der Waals surface area contributed by atoms with Crippen molar-refractivity contribution in [3.63, 3.8) is 0 Å². The molecular weight excluding hydrogens is 731 g/mol. The molecule has 2 saturated carbocycles.